The summed E-state index contributed by atoms with van der Waals surface area (Å²) >= 11 is 0. The highest BCUT2D eigenvalue weighted by atomic mass is 16.5. The Balaban J connectivity index is 2.00. The Kier molecular flexibility index (Phi) is 5.48. The quantitative estimate of drug-likeness (QED) is 0.424. The Morgan fingerprint density at radius 2 is 1.97 bits per heavy atom. The molecule has 33 heavy (non-hydrogen) atoms. The number of aliphatic hydroxyl groups excluding tert-OH is 1. The summed E-state index contributed by atoms with van der Waals surface area (Å²) in [5.41, 5.74) is 8.45. The first-order chi connectivity index (χ1) is 16.2. The van der Waals surface area contributed by atoms with Crippen LogP contribution in [-0.2, 0) is 25.9 Å². The fourth-order valence-electron chi connectivity index (χ4n) is 5.41. The van der Waals surface area contributed by atoms with Crippen molar-refractivity contribution in [3.8, 4) is 16.9 Å². The van der Waals surface area contributed by atoms with Crippen LogP contribution in [-0.4, -0.2) is 43.0 Å². The molecule has 6 heteroatoms. The number of carbonyl (C=O) groups is 2. The molecule has 4 aromatic rings. The molecule has 0 saturated carbocycles. The van der Waals surface area contributed by atoms with E-state index >= 15 is 0 Å². The second-order valence-corrected chi connectivity index (χ2v) is 8.41. The van der Waals surface area contributed by atoms with Crippen LogP contribution in [0.5, 0.6) is 5.75 Å². The first kappa shape index (κ1) is 21.4. The number of ether oxygens (including phenoxy) is 1. The van der Waals surface area contributed by atoms with Crippen molar-refractivity contribution >= 4 is 34.4 Å². The number of carbonyl (C=O) groups excluding carboxylic acids is 2. The smallest absolute Gasteiger partial charge is 0.151 e. The van der Waals surface area contributed by atoms with Crippen LogP contribution in [0.15, 0.2) is 36.4 Å². The lowest BCUT2D eigenvalue weighted by molar-refractivity contribution is 0.111. The molecule has 5 rings (SSSR count). The molecule has 168 valence electrons. The van der Waals surface area contributed by atoms with Gasteiger partial charge in [0.2, 0.25) is 0 Å². The molecule has 0 radical (unpaired) electrons. The van der Waals surface area contributed by atoms with Gasteiger partial charge in [0.15, 0.2) is 6.29 Å². The zero-order valence-corrected chi connectivity index (χ0v) is 18.8. The van der Waals surface area contributed by atoms with Crippen molar-refractivity contribution in [2.24, 2.45) is 0 Å². The third kappa shape index (κ3) is 3.17. The number of rotatable bonds is 7. The van der Waals surface area contributed by atoms with Crippen molar-refractivity contribution in [2.75, 3.05) is 20.8 Å². The molecule has 0 atom stereocenters. The molecule has 0 bridgehead atoms. The second kappa shape index (κ2) is 8.46. The van der Waals surface area contributed by atoms with Crippen LogP contribution in [0.3, 0.4) is 0 Å². The van der Waals surface area contributed by atoms with Crippen LogP contribution in [0.2, 0.25) is 0 Å². The Morgan fingerprint density at radius 3 is 2.67 bits per heavy atom. The van der Waals surface area contributed by atoms with E-state index in [1.807, 2.05) is 31.3 Å². The first-order valence-electron chi connectivity index (χ1n) is 11.1. The number of methoxy groups -OCH3 is 1. The molecular formula is C27H26N2O4. The third-order valence-corrected chi connectivity index (χ3v) is 6.73. The van der Waals surface area contributed by atoms with Crippen LogP contribution < -0.4 is 10.1 Å². The van der Waals surface area contributed by atoms with E-state index in [0.717, 1.165) is 80.8 Å². The Morgan fingerprint density at radius 1 is 1.12 bits per heavy atom. The number of nitrogens with one attached hydrogen (secondary N) is 1. The molecule has 0 aliphatic heterocycles. The van der Waals surface area contributed by atoms with Crippen molar-refractivity contribution in [3.63, 3.8) is 0 Å². The summed E-state index contributed by atoms with van der Waals surface area (Å²) in [6.45, 7) is 0.933. The van der Waals surface area contributed by atoms with Gasteiger partial charge in [0.1, 0.15) is 12.0 Å². The second-order valence-electron chi connectivity index (χ2n) is 8.41. The normalized spacial score (nSPS) is 12.6. The fourth-order valence-corrected chi connectivity index (χ4v) is 5.41. The molecule has 0 spiro atoms. The summed E-state index contributed by atoms with van der Waals surface area (Å²) < 4.78 is 7.57. The van der Waals surface area contributed by atoms with E-state index in [2.05, 4.69) is 16.0 Å². The molecule has 1 heterocycles. The predicted molar refractivity (Wildman–Crippen MR) is 129 cm³/mol. The van der Waals surface area contributed by atoms with E-state index in [-0.39, 0.29) is 6.61 Å². The molecule has 2 N–H and O–H groups in total. The summed E-state index contributed by atoms with van der Waals surface area (Å²) in [5, 5.41) is 15.0. The molecule has 3 aromatic carbocycles. The minimum atomic E-state index is -0.00629. The first-order valence-corrected chi connectivity index (χ1v) is 11.1. The highest BCUT2D eigenvalue weighted by molar-refractivity contribution is 6.16. The Bertz CT molecular complexity index is 1420. The summed E-state index contributed by atoms with van der Waals surface area (Å²) in [6.07, 6.45) is 3.41. The minimum absolute atomic E-state index is 0.00629. The Hall–Kier alpha value is -3.48. The van der Waals surface area contributed by atoms with Gasteiger partial charge in [-0.1, -0.05) is 6.07 Å². The molecule has 6 nitrogen and oxygen atoms in total. The number of benzene rings is 3. The van der Waals surface area contributed by atoms with E-state index in [1.165, 1.54) is 0 Å². The largest absolute Gasteiger partial charge is 0.497 e. The van der Waals surface area contributed by atoms with E-state index in [1.54, 1.807) is 13.2 Å². The van der Waals surface area contributed by atoms with Crippen LogP contribution in [0.25, 0.3) is 32.9 Å². The lowest BCUT2D eigenvalue weighted by Gasteiger charge is -2.26. The van der Waals surface area contributed by atoms with Crippen molar-refractivity contribution in [1.82, 2.24) is 9.88 Å². The van der Waals surface area contributed by atoms with E-state index in [9.17, 15) is 14.7 Å². The van der Waals surface area contributed by atoms with Crippen molar-refractivity contribution in [1.29, 1.82) is 0 Å². The van der Waals surface area contributed by atoms with Gasteiger partial charge in [0.25, 0.3) is 0 Å². The number of aliphatic hydroxyl groups is 1. The minimum Gasteiger partial charge on any atom is -0.497 e. The molecule has 0 amide bonds. The van der Waals surface area contributed by atoms with Gasteiger partial charge in [-0.25, -0.2) is 0 Å². The van der Waals surface area contributed by atoms with Crippen molar-refractivity contribution in [2.45, 2.75) is 25.9 Å². The number of nitrogens with zero attached hydrogens (tertiary/aromatic N) is 1. The van der Waals surface area contributed by atoms with Crippen molar-refractivity contribution < 1.29 is 19.4 Å². The lowest BCUT2D eigenvalue weighted by atomic mass is 9.79. The van der Waals surface area contributed by atoms with Gasteiger partial charge in [-0.3, -0.25) is 9.59 Å². The average Bonchev–Trinajstić information content (AvgIpc) is 3.17. The van der Waals surface area contributed by atoms with Crippen LogP contribution in [0.4, 0.5) is 0 Å². The zero-order valence-electron chi connectivity index (χ0n) is 18.8. The zero-order chi connectivity index (χ0) is 23.1. The highest BCUT2D eigenvalue weighted by Gasteiger charge is 2.29. The molecule has 1 aliphatic rings. The SMILES string of the molecule is CNCc1c(C=O)c2c(c3c1c1cc(C=O)ccc1n3CCO)CCc1cc(OC)ccc1-2. The maximum absolute atomic E-state index is 12.6. The lowest BCUT2D eigenvalue weighted by Crippen LogP contribution is -2.15. The van der Waals surface area contributed by atoms with Gasteiger partial charge in [-0.15, -0.1) is 0 Å². The number of aryl methyl sites for hydroxylation is 2. The van der Waals surface area contributed by atoms with Gasteiger partial charge < -0.3 is 19.7 Å². The van der Waals surface area contributed by atoms with Gasteiger partial charge in [0, 0.05) is 40.5 Å². The van der Waals surface area contributed by atoms with E-state index in [4.69, 9.17) is 4.74 Å². The topological polar surface area (TPSA) is 80.6 Å². The standard InChI is InChI=1S/C27H26N2O4/c1-28-13-22-23(15-32)25-19-7-5-18(33-2)12-17(19)4-6-20(25)27-26(22)21-11-16(14-31)3-8-24(21)29(27)9-10-30/h3,5,7-8,11-12,14-15,28,30H,4,6,9-10,13H2,1-2H3. The summed E-state index contributed by atoms with van der Waals surface area (Å²) in [5.74, 6) is 0.803. The van der Waals surface area contributed by atoms with Gasteiger partial charge >= 0.3 is 0 Å². The number of hydrogen-bond acceptors (Lipinski definition) is 5. The van der Waals surface area contributed by atoms with E-state index in [0.29, 0.717) is 24.2 Å². The number of hydrogen-bond donors (Lipinski definition) is 2. The van der Waals surface area contributed by atoms with E-state index < -0.39 is 0 Å². The molecule has 1 aliphatic carbocycles. The number of aromatic nitrogens is 1. The molecular weight excluding hydrogens is 416 g/mol. The van der Waals surface area contributed by atoms with Crippen LogP contribution in [0, 0.1) is 0 Å². The maximum atomic E-state index is 12.6. The fraction of sp³-hybridized carbons (Fsp3) is 0.259. The Labute approximate surface area is 191 Å². The summed E-state index contributed by atoms with van der Waals surface area (Å²) in [7, 11) is 3.52. The van der Waals surface area contributed by atoms with Gasteiger partial charge in [-0.2, -0.15) is 0 Å². The third-order valence-electron chi connectivity index (χ3n) is 6.73. The predicted octanol–water partition coefficient (Wildman–Crippen LogP) is 3.91. The maximum Gasteiger partial charge on any atom is 0.151 e. The highest BCUT2D eigenvalue weighted by Crippen LogP contribution is 2.45. The van der Waals surface area contributed by atoms with Crippen molar-refractivity contribution in [3.05, 3.63) is 64.2 Å². The number of fused-ring (bicyclic) bond motifs is 7. The molecule has 0 fully saturated rings. The van der Waals surface area contributed by atoms with Gasteiger partial charge in [0.05, 0.1) is 19.2 Å². The molecule has 1 aromatic heterocycles. The average molecular weight is 443 g/mol. The summed E-state index contributed by atoms with van der Waals surface area (Å²) in [6, 6.07) is 11.7. The van der Waals surface area contributed by atoms with Crippen LogP contribution >= 0.6 is 0 Å². The monoisotopic (exact) mass is 442 g/mol. The number of aldehydes is 2. The summed E-state index contributed by atoms with van der Waals surface area (Å²) in [4.78, 5) is 24.1. The van der Waals surface area contributed by atoms with Crippen LogP contribution in [0.1, 0.15) is 37.4 Å². The molecule has 0 unspecified atom stereocenters. The molecule has 0 saturated heterocycles. The van der Waals surface area contributed by atoms with Gasteiger partial charge in [-0.05, 0) is 78.0 Å².